The van der Waals surface area contributed by atoms with Crippen LogP contribution in [0.2, 0.25) is 0 Å². The van der Waals surface area contributed by atoms with Crippen LogP contribution < -0.4 is 5.73 Å². The molecule has 0 aromatic carbocycles. The van der Waals surface area contributed by atoms with E-state index in [1.165, 1.54) is 0 Å². The molecule has 0 aliphatic heterocycles. The summed E-state index contributed by atoms with van der Waals surface area (Å²) in [5.41, 5.74) is 5.46. The number of hydrogen-bond acceptors (Lipinski definition) is 1. The summed E-state index contributed by atoms with van der Waals surface area (Å²) < 4.78 is 37.7. The lowest BCUT2D eigenvalue weighted by molar-refractivity contribution is -0.187. The van der Waals surface area contributed by atoms with Gasteiger partial charge in [-0.3, -0.25) is 0 Å². The second-order valence-corrected chi connectivity index (χ2v) is 5.30. The number of rotatable bonds is 2. The quantitative estimate of drug-likeness (QED) is 0.762. The van der Waals surface area contributed by atoms with Crippen LogP contribution in [0, 0.1) is 11.8 Å². The van der Waals surface area contributed by atoms with Crippen molar-refractivity contribution < 1.29 is 13.2 Å². The molecule has 15 heavy (non-hydrogen) atoms. The summed E-state index contributed by atoms with van der Waals surface area (Å²) in [5, 5.41) is 0. The molecule has 0 aromatic rings. The van der Waals surface area contributed by atoms with Gasteiger partial charge in [-0.05, 0) is 31.6 Å². The van der Waals surface area contributed by atoms with Gasteiger partial charge in [0.1, 0.15) is 0 Å². The Hall–Kier alpha value is -0.250. The van der Waals surface area contributed by atoms with Crippen molar-refractivity contribution in [1.82, 2.24) is 0 Å². The largest absolute Gasteiger partial charge is 0.391 e. The van der Waals surface area contributed by atoms with Gasteiger partial charge in [-0.1, -0.05) is 20.3 Å². The first kappa shape index (κ1) is 12.8. The third kappa shape index (κ3) is 3.67. The third-order valence-corrected chi connectivity index (χ3v) is 3.16. The van der Waals surface area contributed by atoms with Crippen molar-refractivity contribution in [1.29, 1.82) is 0 Å². The van der Waals surface area contributed by atoms with Crippen molar-refractivity contribution in [2.24, 2.45) is 17.6 Å². The smallest absolute Gasteiger partial charge is 0.325 e. The van der Waals surface area contributed by atoms with Crippen molar-refractivity contribution in [3.8, 4) is 0 Å². The van der Waals surface area contributed by atoms with Gasteiger partial charge in [0.2, 0.25) is 0 Å². The molecule has 2 N–H and O–H groups in total. The standard InChI is InChI=1S/C11H20F3N/c1-8(2)6-10(15)5-3-4-9(7-10)11(12,13)14/h8-9H,3-7,15H2,1-2H3. The summed E-state index contributed by atoms with van der Waals surface area (Å²) in [5.74, 6) is -0.822. The zero-order valence-electron chi connectivity index (χ0n) is 9.40. The molecule has 1 aliphatic rings. The van der Waals surface area contributed by atoms with Gasteiger partial charge >= 0.3 is 6.18 Å². The summed E-state index contributed by atoms with van der Waals surface area (Å²) in [4.78, 5) is 0. The topological polar surface area (TPSA) is 26.0 Å². The van der Waals surface area contributed by atoms with Gasteiger partial charge in [0, 0.05) is 5.54 Å². The van der Waals surface area contributed by atoms with E-state index in [1.807, 2.05) is 13.8 Å². The molecular weight excluding hydrogens is 203 g/mol. The second kappa shape index (κ2) is 4.32. The molecule has 0 amide bonds. The highest BCUT2D eigenvalue weighted by Crippen LogP contribution is 2.42. The highest BCUT2D eigenvalue weighted by molar-refractivity contribution is 4.93. The minimum Gasteiger partial charge on any atom is -0.325 e. The van der Waals surface area contributed by atoms with E-state index in [-0.39, 0.29) is 12.8 Å². The molecule has 0 spiro atoms. The van der Waals surface area contributed by atoms with Crippen LogP contribution in [0.4, 0.5) is 13.2 Å². The Morgan fingerprint density at radius 1 is 1.40 bits per heavy atom. The fourth-order valence-corrected chi connectivity index (χ4v) is 2.67. The van der Waals surface area contributed by atoms with Crippen molar-refractivity contribution >= 4 is 0 Å². The lowest BCUT2D eigenvalue weighted by Crippen LogP contribution is -2.48. The van der Waals surface area contributed by atoms with Crippen LogP contribution >= 0.6 is 0 Å². The maximum atomic E-state index is 12.6. The Labute approximate surface area is 89.2 Å². The molecule has 4 heteroatoms. The van der Waals surface area contributed by atoms with E-state index >= 15 is 0 Å². The summed E-state index contributed by atoms with van der Waals surface area (Å²) in [6.07, 6.45) is -1.68. The van der Waals surface area contributed by atoms with E-state index in [2.05, 4.69) is 0 Å². The summed E-state index contributed by atoms with van der Waals surface area (Å²) in [6, 6.07) is 0. The number of halogens is 3. The molecule has 1 nitrogen and oxygen atoms in total. The highest BCUT2D eigenvalue weighted by Gasteiger charge is 2.46. The fourth-order valence-electron chi connectivity index (χ4n) is 2.67. The molecule has 1 fully saturated rings. The monoisotopic (exact) mass is 223 g/mol. The van der Waals surface area contributed by atoms with E-state index in [0.717, 1.165) is 6.42 Å². The van der Waals surface area contributed by atoms with Crippen LogP contribution in [0.3, 0.4) is 0 Å². The minimum atomic E-state index is -4.07. The van der Waals surface area contributed by atoms with Gasteiger partial charge in [0.25, 0.3) is 0 Å². The van der Waals surface area contributed by atoms with E-state index in [4.69, 9.17) is 5.73 Å². The Bertz CT molecular complexity index is 212. The van der Waals surface area contributed by atoms with Crippen LogP contribution in [0.15, 0.2) is 0 Å². The fraction of sp³-hybridized carbons (Fsp3) is 1.00. The van der Waals surface area contributed by atoms with Crippen molar-refractivity contribution in [3.05, 3.63) is 0 Å². The second-order valence-electron chi connectivity index (χ2n) is 5.30. The van der Waals surface area contributed by atoms with Crippen LogP contribution in [0.5, 0.6) is 0 Å². The van der Waals surface area contributed by atoms with Gasteiger partial charge in [-0.25, -0.2) is 0 Å². The van der Waals surface area contributed by atoms with Crippen LogP contribution in [-0.4, -0.2) is 11.7 Å². The SMILES string of the molecule is CC(C)CC1(N)CCCC(C(F)(F)F)C1. The van der Waals surface area contributed by atoms with Crippen molar-refractivity contribution in [2.75, 3.05) is 0 Å². The highest BCUT2D eigenvalue weighted by atomic mass is 19.4. The molecule has 1 saturated carbocycles. The van der Waals surface area contributed by atoms with Crippen LogP contribution in [0.1, 0.15) is 46.0 Å². The van der Waals surface area contributed by atoms with Crippen LogP contribution in [0.25, 0.3) is 0 Å². The molecule has 2 atom stereocenters. The summed E-state index contributed by atoms with van der Waals surface area (Å²) in [7, 11) is 0. The summed E-state index contributed by atoms with van der Waals surface area (Å²) >= 11 is 0. The predicted octanol–water partition coefficient (Wildman–Crippen LogP) is 3.48. The number of nitrogens with two attached hydrogens (primary N) is 1. The lowest BCUT2D eigenvalue weighted by atomic mass is 9.72. The molecule has 0 radical (unpaired) electrons. The first-order valence-electron chi connectivity index (χ1n) is 5.58. The maximum Gasteiger partial charge on any atom is 0.391 e. The Balaban J connectivity index is 2.62. The molecule has 0 bridgehead atoms. The maximum absolute atomic E-state index is 12.6. The molecule has 0 aromatic heterocycles. The van der Waals surface area contributed by atoms with E-state index in [0.29, 0.717) is 18.8 Å². The lowest BCUT2D eigenvalue weighted by Gasteiger charge is -2.39. The Morgan fingerprint density at radius 2 is 2.00 bits per heavy atom. The van der Waals surface area contributed by atoms with E-state index in [1.54, 1.807) is 0 Å². The molecule has 0 heterocycles. The average molecular weight is 223 g/mol. The Morgan fingerprint density at radius 3 is 2.47 bits per heavy atom. The molecular formula is C11H20F3N. The average Bonchev–Trinajstić information content (AvgIpc) is 1.99. The first-order chi connectivity index (χ1) is 6.73. The summed E-state index contributed by atoms with van der Waals surface area (Å²) in [6.45, 7) is 4.01. The van der Waals surface area contributed by atoms with E-state index < -0.39 is 17.6 Å². The van der Waals surface area contributed by atoms with Gasteiger partial charge in [-0.2, -0.15) is 13.2 Å². The molecule has 1 rings (SSSR count). The minimum absolute atomic E-state index is 0.106. The van der Waals surface area contributed by atoms with Gasteiger partial charge < -0.3 is 5.73 Å². The van der Waals surface area contributed by atoms with Gasteiger partial charge in [0.15, 0.2) is 0 Å². The predicted molar refractivity (Wildman–Crippen MR) is 54.4 cm³/mol. The normalized spacial score (nSPS) is 33.4. The van der Waals surface area contributed by atoms with Crippen LogP contribution in [-0.2, 0) is 0 Å². The first-order valence-corrected chi connectivity index (χ1v) is 5.58. The zero-order valence-corrected chi connectivity index (χ0v) is 9.40. The molecule has 2 unspecified atom stereocenters. The number of alkyl halides is 3. The van der Waals surface area contributed by atoms with Crippen molar-refractivity contribution in [2.45, 2.75) is 57.7 Å². The number of hydrogen-bond donors (Lipinski definition) is 1. The van der Waals surface area contributed by atoms with Gasteiger partial charge in [0.05, 0.1) is 5.92 Å². The molecule has 90 valence electrons. The van der Waals surface area contributed by atoms with E-state index in [9.17, 15) is 13.2 Å². The molecule has 0 saturated heterocycles. The van der Waals surface area contributed by atoms with Crippen molar-refractivity contribution in [3.63, 3.8) is 0 Å². The zero-order chi connectivity index (χ0) is 11.7. The van der Waals surface area contributed by atoms with Gasteiger partial charge in [-0.15, -0.1) is 0 Å². The Kier molecular flexibility index (Phi) is 3.69. The molecule has 1 aliphatic carbocycles. The third-order valence-electron chi connectivity index (χ3n) is 3.16.